The predicted octanol–water partition coefficient (Wildman–Crippen LogP) is 3.18. The molecule has 6 nitrogen and oxygen atoms in total. The predicted molar refractivity (Wildman–Crippen MR) is 104 cm³/mol. The van der Waals surface area contributed by atoms with E-state index in [4.69, 9.17) is 9.47 Å². The molecule has 0 aromatic heterocycles. The number of hydrazine groups is 1. The number of amides is 2. The molecule has 0 fully saturated rings. The maximum absolute atomic E-state index is 12.2. The summed E-state index contributed by atoms with van der Waals surface area (Å²) < 4.78 is 11.1. The van der Waals surface area contributed by atoms with Gasteiger partial charge in [-0.3, -0.25) is 20.4 Å². The molecule has 144 valence electrons. The molecule has 27 heavy (non-hydrogen) atoms. The van der Waals surface area contributed by atoms with E-state index in [-0.39, 0.29) is 6.61 Å². The molecular weight excluding hydrogens is 344 g/mol. The Morgan fingerprint density at radius 1 is 0.926 bits per heavy atom. The average Bonchev–Trinajstić information content (AvgIpc) is 2.62. The van der Waals surface area contributed by atoms with E-state index in [1.165, 1.54) is 0 Å². The van der Waals surface area contributed by atoms with Crippen LogP contribution in [-0.4, -0.2) is 25.0 Å². The van der Waals surface area contributed by atoms with Crippen LogP contribution >= 0.6 is 0 Å². The zero-order chi connectivity index (χ0) is 19.8. The number of hydrogen-bond acceptors (Lipinski definition) is 4. The second kappa shape index (κ2) is 9.62. The molecule has 0 spiro atoms. The Balaban J connectivity index is 1.82. The van der Waals surface area contributed by atoms with Crippen molar-refractivity contribution < 1.29 is 19.1 Å². The highest BCUT2D eigenvalue weighted by Gasteiger charge is 2.09. The second-order valence-corrected chi connectivity index (χ2v) is 6.85. The summed E-state index contributed by atoms with van der Waals surface area (Å²) in [6.07, 6.45) is 0. The lowest BCUT2D eigenvalue weighted by atomic mass is 10.1. The number of ether oxygens (including phenoxy) is 2. The van der Waals surface area contributed by atoms with E-state index in [2.05, 4.69) is 10.9 Å². The minimum Gasteiger partial charge on any atom is -0.493 e. The smallest absolute Gasteiger partial charge is 0.276 e. The van der Waals surface area contributed by atoms with Gasteiger partial charge in [-0.05, 0) is 61.2 Å². The van der Waals surface area contributed by atoms with E-state index in [0.29, 0.717) is 29.6 Å². The third-order valence-electron chi connectivity index (χ3n) is 3.56. The fourth-order valence-corrected chi connectivity index (χ4v) is 2.39. The monoisotopic (exact) mass is 370 g/mol. The van der Waals surface area contributed by atoms with E-state index < -0.39 is 11.8 Å². The first-order valence-electron chi connectivity index (χ1n) is 8.86. The fourth-order valence-electron chi connectivity index (χ4n) is 2.39. The van der Waals surface area contributed by atoms with Crippen LogP contribution in [0.2, 0.25) is 0 Å². The largest absolute Gasteiger partial charge is 0.493 e. The first kappa shape index (κ1) is 20.3. The maximum Gasteiger partial charge on any atom is 0.276 e. The van der Waals surface area contributed by atoms with Gasteiger partial charge in [-0.1, -0.05) is 26.0 Å². The van der Waals surface area contributed by atoms with Gasteiger partial charge in [0.15, 0.2) is 6.61 Å². The van der Waals surface area contributed by atoms with E-state index in [9.17, 15) is 9.59 Å². The van der Waals surface area contributed by atoms with Crippen molar-refractivity contribution in [1.82, 2.24) is 10.9 Å². The van der Waals surface area contributed by atoms with E-state index in [1.54, 1.807) is 24.3 Å². The molecule has 0 aliphatic rings. The minimum atomic E-state index is -0.449. The van der Waals surface area contributed by atoms with Gasteiger partial charge in [-0.15, -0.1) is 0 Å². The lowest BCUT2D eigenvalue weighted by Crippen LogP contribution is -2.43. The van der Waals surface area contributed by atoms with Gasteiger partial charge in [0, 0.05) is 5.56 Å². The third kappa shape index (κ3) is 7.01. The third-order valence-corrected chi connectivity index (χ3v) is 3.56. The van der Waals surface area contributed by atoms with Crippen molar-refractivity contribution in [2.75, 3.05) is 13.2 Å². The quantitative estimate of drug-likeness (QED) is 0.734. The van der Waals surface area contributed by atoms with Gasteiger partial charge in [-0.25, -0.2) is 0 Å². The van der Waals surface area contributed by atoms with Crippen LogP contribution in [-0.2, 0) is 4.79 Å². The molecule has 0 heterocycles. The average molecular weight is 370 g/mol. The summed E-state index contributed by atoms with van der Waals surface area (Å²) in [5.41, 5.74) is 7.22. The number of hydrogen-bond donors (Lipinski definition) is 2. The van der Waals surface area contributed by atoms with Gasteiger partial charge in [-0.2, -0.15) is 0 Å². The Morgan fingerprint density at radius 2 is 1.63 bits per heavy atom. The van der Waals surface area contributed by atoms with Crippen molar-refractivity contribution in [3.8, 4) is 11.5 Å². The highest BCUT2D eigenvalue weighted by molar-refractivity contribution is 5.95. The molecule has 2 amide bonds. The van der Waals surface area contributed by atoms with Crippen LogP contribution < -0.4 is 20.3 Å². The minimum absolute atomic E-state index is 0.194. The standard InChI is InChI=1S/C21H26N2O4/c1-14(2)12-26-18-7-5-6-17(11-18)21(25)23-22-20(24)13-27-19-9-15(3)8-16(4)10-19/h5-11,14H,12-13H2,1-4H3,(H,22,24)(H,23,25). The van der Waals surface area contributed by atoms with Crippen molar-refractivity contribution >= 4 is 11.8 Å². The van der Waals surface area contributed by atoms with Crippen LogP contribution in [0.1, 0.15) is 35.3 Å². The molecule has 2 aromatic rings. The van der Waals surface area contributed by atoms with Gasteiger partial charge in [0.2, 0.25) is 0 Å². The van der Waals surface area contributed by atoms with E-state index in [0.717, 1.165) is 11.1 Å². The molecule has 2 aromatic carbocycles. The SMILES string of the molecule is Cc1cc(C)cc(OCC(=O)NNC(=O)c2cccc(OCC(C)C)c2)c1. The lowest BCUT2D eigenvalue weighted by Gasteiger charge is -2.11. The summed E-state index contributed by atoms with van der Waals surface area (Å²) in [7, 11) is 0. The second-order valence-electron chi connectivity index (χ2n) is 6.85. The Bertz CT molecular complexity index is 782. The molecule has 0 radical (unpaired) electrons. The molecule has 2 N–H and O–H groups in total. The topological polar surface area (TPSA) is 76.7 Å². The summed E-state index contributed by atoms with van der Waals surface area (Å²) in [5, 5.41) is 0. The lowest BCUT2D eigenvalue weighted by molar-refractivity contribution is -0.123. The Labute approximate surface area is 159 Å². The summed E-state index contributed by atoms with van der Waals surface area (Å²) in [5.74, 6) is 0.739. The molecule has 0 atom stereocenters. The van der Waals surface area contributed by atoms with Gasteiger partial charge >= 0.3 is 0 Å². The van der Waals surface area contributed by atoms with Crippen LogP contribution in [0.4, 0.5) is 0 Å². The molecule has 0 unspecified atom stereocenters. The normalized spacial score (nSPS) is 10.4. The summed E-state index contributed by atoms with van der Waals surface area (Å²) >= 11 is 0. The Hall–Kier alpha value is -3.02. The fraction of sp³-hybridized carbons (Fsp3) is 0.333. The first-order valence-corrected chi connectivity index (χ1v) is 8.86. The van der Waals surface area contributed by atoms with Crippen molar-refractivity contribution in [2.45, 2.75) is 27.7 Å². The Kier molecular flexibility index (Phi) is 7.23. The highest BCUT2D eigenvalue weighted by atomic mass is 16.5. The number of carbonyl (C=O) groups excluding carboxylic acids is 2. The molecule has 0 saturated carbocycles. The number of aryl methyl sites for hydroxylation is 2. The maximum atomic E-state index is 12.2. The molecule has 0 aliphatic carbocycles. The molecular formula is C21H26N2O4. The molecule has 0 bridgehead atoms. The van der Waals surface area contributed by atoms with Crippen molar-refractivity contribution in [3.05, 3.63) is 59.2 Å². The Morgan fingerprint density at radius 3 is 2.30 bits per heavy atom. The number of carbonyl (C=O) groups is 2. The molecule has 2 rings (SSSR count). The van der Waals surface area contributed by atoms with Gasteiger partial charge in [0.25, 0.3) is 11.8 Å². The van der Waals surface area contributed by atoms with E-state index in [1.807, 2.05) is 45.9 Å². The first-order chi connectivity index (χ1) is 12.8. The van der Waals surface area contributed by atoms with Gasteiger partial charge in [0.1, 0.15) is 11.5 Å². The van der Waals surface area contributed by atoms with Gasteiger partial charge < -0.3 is 9.47 Å². The van der Waals surface area contributed by atoms with E-state index >= 15 is 0 Å². The number of benzene rings is 2. The van der Waals surface area contributed by atoms with Crippen LogP contribution in [0.3, 0.4) is 0 Å². The zero-order valence-corrected chi connectivity index (χ0v) is 16.2. The summed E-state index contributed by atoms with van der Waals surface area (Å²) in [6, 6.07) is 12.5. The van der Waals surface area contributed by atoms with Crippen molar-refractivity contribution in [2.24, 2.45) is 5.92 Å². The highest BCUT2D eigenvalue weighted by Crippen LogP contribution is 2.16. The number of nitrogens with one attached hydrogen (secondary N) is 2. The van der Waals surface area contributed by atoms with Crippen LogP contribution in [0.25, 0.3) is 0 Å². The molecule has 6 heteroatoms. The number of rotatable bonds is 7. The summed E-state index contributed by atoms with van der Waals surface area (Å²) in [6.45, 7) is 8.38. The van der Waals surface area contributed by atoms with Gasteiger partial charge in [0.05, 0.1) is 6.61 Å². The summed E-state index contributed by atoms with van der Waals surface area (Å²) in [4.78, 5) is 24.1. The van der Waals surface area contributed by atoms with Crippen molar-refractivity contribution in [3.63, 3.8) is 0 Å². The van der Waals surface area contributed by atoms with Crippen LogP contribution in [0.5, 0.6) is 11.5 Å². The van der Waals surface area contributed by atoms with Crippen LogP contribution in [0, 0.1) is 19.8 Å². The van der Waals surface area contributed by atoms with Crippen molar-refractivity contribution in [1.29, 1.82) is 0 Å². The van der Waals surface area contributed by atoms with Crippen LogP contribution in [0.15, 0.2) is 42.5 Å². The zero-order valence-electron chi connectivity index (χ0n) is 16.2. The molecule has 0 aliphatic heterocycles. The molecule has 0 saturated heterocycles.